The number of unbranched alkanes of at least 4 members (excludes halogenated alkanes) is 1. The minimum Gasteiger partial charge on any atom is -0.726 e. The van der Waals surface area contributed by atoms with Gasteiger partial charge < -0.3 is 9.29 Å². The summed E-state index contributed by atoms with van der Waals surface area (Å²) in [6, 6.07) is 0. The van der Waals surface area contributed by atoms with E-state index >= 15 is 0 Å². The van der Waals surface area contributed by atoms with Gasteiger partial charge in [0.15, 0.2) is 0 Å². The van der Waals surface area contributed by atoms with Crippen LogP contribution < -0.4 is 29.6 Å². The van der Waals surface area contributed by atoms with E-state index in [-0.39, 0.29) is 72.5 Å². The predicted molar refractivity (Wildman–Crippen MR) is 68.3 cm³/mol. The molecule has 0 aliphatic heterocycles. The average Bonchev–Trinajstić information content (AvgIpc) is 1.94. The average molecular weight is 284 g/mol. The van der Waals surface area contributed by atoms with Crippen molar-refractivity contribution in [3.63, 3.8) is 0 Å². The molecule has 0 radical (unpaired) electrons. The molecule has 0 unspecified atom stereocenters. The van der Waals surface area contributed by atoms with Crippen LogP contribution in [-0.4, -0.2) is 32.8 Å². The van der Waals surface area contributed by atoms with Crippen molar-refractivity contribution in [2.24, 2.45) is 0 Å². The SMILES string of the molecule is C.C.C.C.CCCCOCCOS(=O)(=O)[O-].[Na+]. The van der Waals surface area contributed by atoms with E-state index < -0.39 is 10.4 Å². The Morgan fingerprint density at radius 3 is 1.82 bits per heavy atom. The smallest absolute Gasteiger partial charge is 0.726 e. The molecule has 0 amide bonds. The predicted octanol–water partition coefficient (Wildman–Crippen LogP) is -0.172. The monoisotopic (exact) mass is 284 g/mol. The molecule has 0 saturated carbocycles. The van der Waals surface area contributed by atoms with Gasteiger partial charge in [-0.1, -0.05) is 43.1 Å². The summed E-state index contributed by atoms with van der Waals surface area (Å²) in [5.74, 6) is 0. The number of rotatable bonds is 7. The number of hydrogen-bond acceptors (Lipinski definition) is 5. The van der Waals surface area contributed by atoms with Crippen LogP contribution in [0.4, 0.5) is 0 Å². The van der Waals surface area contributed by atoms with Crippen molar-refractivity contribution in [2.45, 2.75) is 49.5 Å². The third-order valence-electron chi connectivity index (χ3n) is 1.10. The first-order chi connectivity index (χ1) is 5.56. The van der Waals surface area contributed by atoms with Gasteiger partial charge in [0.1, 0.15) is 0 Å². The van der Waals surface area contributed by atoms with Gasteiger partial charge in [0, 0.05) is 6.61 Å². The first-order valence-corrected chi connectivity index (χ1v) is 5.07. The molecule has 0 aliphatic rings. The van der Waals surface area contributed by atoms with Gasteiger partial charge in [-0.15, -0.1) is 0 Å². The third kappa shape index (κ3) is 38.3. The summed E-state index contributed by atoms with van der Waals surface area (Å²) >= 11 is 0. The van der Waals surface area contributed by atoms with E-state index in [1.54, 1.807) is 0 Å². The second-order valence-corrected chi connectivity index (χ2v) is 3.25. The molecule has 0 heterocycles. The van der Waals surface area contributed by atoms with Crippen molar-refractivity contribution in [3.05, 3.63) is 0 Å². The molecule has 0 fully saturated rings. The molecule has 0 saturated heterocycles. The van der Waals surface area contributed by atoms with Crippen molar-refractivity contribution in [3.8, 4) is 0 Å². The molecule has 7 heteroatoms. The zero-order chi connectivity index (χ0) is 9.45. The Morgan fingerprint density at radius 2 is 1.47 bits per heavy atom. The first-order valence-electron chi connectivity index (χ1n) is 3.74. The molecule has 0 N–H and O–H groups in total. The Kier molecular flexibility index (Phi) is 46.8. The van der Waals surface area contributed by atoms with E-state index in [2.05, 4.69) is 4.18 Å². The zero-order valence-corrected chi connectivity index (χ0v) is 10.8. The summed E-state index contributed by atoms with van der Waals surface area (Å²) < 4.78 is 38.5. The second kappa shape index (κ2) is 22.0. The van der Waals surface area contributed by atoms with Gasteiger partial charge >= 0.3 is 29.6 Å². The van der Waals surface area contributed by atoms with Crippen LogP contribution in [0.1, 0.15) is 49.5 Å². The molecule has 0 aliphatic carbocycles. The van der Waals surface area contributed by atoms with Crippen molar-refractivity contribution in [1.29, 1.82) is 0 Å². The maximum atomic E-state index is 9.89. The van der Waals surface area contributed by atoms with Crippen LogP contribution in [0.25, 0.3) is 0 Å². The molecule has 0 aromatic heterocycles. The van der Waals surface area contributed by atoms with Gasteiger partial charge in [-0.05, 0) is 6.42 Å². The van der Waals surface area contributed by atoms with Gasteiger partial charge in [-0.2, -0.15) is 0 Å². The molecular weight excluding hydrogens is 255 g/mol. The van der Waals surface area contributed by atoms with Crippen molar-refractivity contribution in [2.75, 3.05) is 19.8 Å². The first kappa shape index (κ1) is 36.1. The minimum absolute atomic E-state index is 0. The Morgan fingerprint density at radius 1 is 1.00 bits per heavy atom. The number of ether oxygens (including phenoxy) is 1. The van der Waals surface area contributed by atoms with Crippen LogP contribution in [0.5, 0.6) is 0 Å². The maximum absolute atomic E-state index is 9.89. The molecule has 0 aromatic carbocycles. The molecule has 17 heavy (non-hydrogen) atoms. The normalized spacial score (nSPS) is 8.35. The van der Waals surface area contributed by atoms with Gasteiger partial charge in [0.25, 0.3) is 0 Å². The molecule has 0 aromatic rings. The number of hydrogen-bond donors (Lipinski definition) is 0. The van der Waals surface area contributed by atoms with Crippen molar-refractivity contribution in [1.82, 2.24) is 0 Å². The van der Waals surface area contributed by atoms with E-state index in [1.165, 1.54) is 0 Å². The molecule has 106 valence electrons. The summed E-state index contributed by atoms with van der Waals surface area (Å²) in [4.78, 5) is 0. The molecule has 0 bridgehead atoms. The second-order valence-electron chi connectivity index (χ2n) is 2.20. The van der Waals surface area contributed by atoms with Crippen molar-refractivity contribution >= 4 is 10.4 Å². The zero-order valence-electron chi connectivity index (χ0n) is 7.99. The van der Waals surface area contributed by atoms with Crippen LogP contribution in [0.2, 0.25) is 0 Å². The maximum Gasteiger partial charge on any atom is 1.00 e. The van der Waals surface area contributed by atoms with Gasteiger partial charge in [-0.25, -0.2) is 8.42 Å². The molecule has 0 rings (SSSR count). The molecule has 0 atom stereocenters. The summed E-state index contributed by atoms with van der Waals surface area (Å²) in [5, 5.41) is 0. The van der Waals surface area contributed by atoms with Crippen LogP contribution in [0, 0.1) is 0 Å². The van der Waals surface area contributed by atoms with E-state index in [0.717, 1.165) is 12.8 Å². The van der Waals surface area contributed by atoms with Crippen LogP contribution in [0.15, 0.2) is 0 Å². The quantitative estimate of drug-likeness (QED) is 0.281. The summed E-state index contributed by atoms with van der Waals surface area (Å²) in [7, 11) is -4.55. The Labute approximate surface area is 131 Å². The third-order valence-corrected chi connectivity index (χ3v) is 1.55. The van der Waals surface area contributed by atoms with Gasteiger partial charge in [0.2, 0.25) is 10.4 Å². The summed E-state index contributed by atoms with van der Waals surface area (Å²) in [5.41, 5.74) is 0. The summed E-state index contributed by atoms with van der Waals surface area (Å²) in [6.07, 6.45) is 1.94. The topological polar surface area (TPSA) is 75.7 Å². The fourth-order valence-electron chi connectivity index (χ4n) is 0.543. The Balaban J connectivity index is -0.0000000605. The Hall–Kier alpha value is 0.830. The molecule has 0 spiro atoms. The van der Waals surface area contributed by atoms with Gasteiger partial charge in [-0.3, -0.25) is 4.18 Å². The van der Waals surface area contributed by atoms with E-state index in [0.29, 0.717) is 6.61 Å². The molecular formula is C10H29NaO5S. The van der Waals surface area contributed by atoms with Crippen molar-refractivity contribution < 1.29 is 51.4 Å². The fourth-order valence-corrected chi connectivity index (χ4v) is 0.816. The van der Waals surface area contributed by atoms with E-state index in [1.807, 2.05) is 6.92 Å². The van der Waals surface area contributed by atoms with Crippen LogP contribution in [0.3, 0.4) is 0 Å². The van der Waals surface area contributed by atoms with Crippen LogP contribution in [-0.2, 0) is 19.3 Å². The molecule has 5 nitrogen and oxygen atoms in total. The standard InChI is InChI=1S/C6H14O5S.4CH4.Na/c1-2-3-4-10-5-6-11-12(7,8)9;;;;;/h2-6H2,1H3,(H,7,8,9);4*1H4;/q;;;;;+1/p-1. The fraction of sp³-hybridized carbons (Fsp3) is 1.00. The van der Waals surface area contributed by atoms with Gasteiger partial charge in [0.05, 0.1) is 13.2 Å². The van der Waals surface area contributed by atoms with E-state index in [4.69, 9.17) is 4.74 Å². The van der Waals surface area contributed by atoms with E-state index in [9.17, 15) is 13.0 Å². The minimum atomic E-state index is -4.55. The summed E-state index contributed by atoms with van der Waals surface area (Å²) in [6.45, 7) is 2.53. The Bertz CT molecular complexity index is 195. The van der Waals surface area contributed by atoms with Crippen LogP contribution >= 0.6 is 0 Å². The largest absolute Gasteiger partial charge is 1.00 e.